The molecule has 0 aliphatic carbocycles. The molecular weight excluding hydrogens is 380 g/mol. The van der Waals surface area contributed by atoms with Crippen molar-refractivity contribution >= 4 is 17.3 Å². The Morgan fingerprint density at radius 1 is 0.613 bits per heavy atom. The number of para-hydroxylation sites is 2. The fraction of sp³-hybridized carbons (Fsp3) is 0.107. The smallest absolute Gasteiger partial charge is 0.251 e. The van der Waals surface area contributed by atoms with Crippen LogP contribution in [-0.4, -0.2) is 12.5 Å². The van der Waals surface area contributed by atoms with Crippen LogP contribution in [0.4, 0.5) is 11.4 Å². The third-order valence-corrected chi connectivity index (χ3v) is 5.30. The zero-order valence-corrected chi connectivity index (χ0v) is 17.4. The fourth-order valence-electron chi connectivity index (χ4n) is 3.68. The van der Waals surface area contributed by atoms with Crippen LogP contribution in [0.5, 0.6) is 0 Å². The molecular formula is C28H26N2O. The molecule has 0 aliphatic heterocycles. The minimum atomic E-state index is -0.0340. The molecule has 1 amide bonds. The summed E-state index contributed by atoms with van der Waals surface area (Å²) < 4.78 is 0. The van der Waals surface area contributed by atoms with Crippen LogP contribution in [-0.2, 0) is 13.0 Å². The van der Waals surface area contributed by atoms with Gasteiger partial charge >= 0.3 is 0 Å². The third kappa shape index (κ3) is 5.40. The number of carbonyl (C=O) groups excluding carboxylic acids is 1. The van der Waals surface area contributed by atoms with Gasteiger partial charge < -0.3 is 10.2 Å². The Morgan fingerprint density at radius 3 is 1.68 bits per heavy atom. The summed E-state index contributed by atoms with van der Waals surface area (Å²) >= 11 is 0. The molecule has 31 heavy (non-hydrogen) atoms. The Bertz CT molecular complexity index is 1060. The number of hydrogen-bond acceptors (Lipinski definition) is 2. The number of amides is 1. The van der Waals surface area contributed by atoms with Gasteiger partial charge in [-0.2, -0.15) is 0 Å². The molecule has 4 aromatic carbocycles. The lowest BCUT2D eigenvalue weighted by Crippen LogP contribution is -2.26. The first kappa shape index (κ1) is 20.4. The van der Waals surface area contributed by atoms with Gasteiger partial charge in [-0.15, -0.1) is 0 Å². The zero-order chi connectivity index (χ0) is 21.3. The summed E-state index contributed by atoms with van der Waals surface area (Å²) in [7, 11) is 0. The summed E-state index contributed by atoms with van der Waals surface area (Å²) in [5.74, 6) is -0.0340. The van der Waals surface area contributed by atoms with Gasteiger partial charge in [-0.25, -0.2) is 0 Å². The van der Waals surface area contributed by atoms with E-state index in [1.54, 1.807) is 0 Å². The van der Waals surface area contributed by atoms with E-state index in [1.165, 1.54) is 11.1 Å². The van der Waals surface area contributed by atoms with E-state index in [0.717, 1.165) is 24.3 Å². The van der Waals surface area contributed by atoms with Crippen molar-refractivity contribution in [3.05, 3.63) is 132 Å². The molecule has 0 aliphatic rings. The molecule has 0 unspecified atom stereocenters. The molecule has 0 atom stereocenters. The predicted molar refractivity (Wildman–Crippen MR) is 128 cm³/mol. The van der Waals surface area contributed by atoms with Crippen LogP contribution in [0.3, 0.4) is 0 Å². The molecule has 4 aromatic rings. The molecule has 0 aromatic heterocycles. The second-order valence-electron chi connectivity index (χ2n) is 7.40. The maximum atomic E-state index is 12.3. The maximum Gasteiger partial charge on any atom is 0.251 e. The second-order valence-corrected chi connectivity index (χ2v) is 7.40. The van der Waals surface area contributed by atoms with Crippen LogP contribution in [0.2, 0.25) is 0 Å². The molecule has 1 N–H and O–H groups in total. The van der Waals surface area contributed by atoms with Crippen molar-refractivity contribution < 1.29 is 4.79 Å². The monoisotopic (exact) mass is 406 g/mol. The van der Waals surface area contributed by atoms with E-state index in [-0.39, 0.29) is 5.91 Å². The summed E-state index contributed by atoms with van der Waals surface area (Å²) in [6, 6.07) is 38.7. The van der Waals surface area contributed by atoms with Crippen molar-refractivity contribution in [2.45, 2.75) is 13.0 Å². The van der Waals surface area contributed by atoms with E-state index >= 15 is 0 Å². The first-order valence-electron chi connectivity index (χ1n) is 10.6. The first-order valence-corrected chi connectivity index (χ1v) is 10.6. The van der Waals surface area contributed by atoms with Crippen LogP contribution < -0.4 is 10.2 Å². The minimum absolute atomic E-state index is 0.0340. The third-order valence-electron chi connectivity index (χ3n) is 5.30. The van der Waals surface area contributed by atoms with Crippen LogP contribution in [0.1, 0.15) is 21.5 Å². The highest BCUT2D eigenvalue weighted by Gasteiger charge is 2.12. The van der Waals surface area contributed by atoms with E-state index in [4.69, 9.17) is 0 Å². The highest BCUT2D eigenvalue weighted by molar-refractivity contribution is 5.94. The van der Waals surface area contributed by atoms with E-state index in [2.05, 4.69) is 83.0 Å². The average Bonchev–Trinajstić information content (AvgIpc) is 2.85. The summed E-state index contributed by atoms with van der Waals surface area (Å²) in [5.41, 5.74) is 5.49. The number of nitrogens with zero attached hydrogens (tertiary/aromatic N) is 1. The predicted octanol–water partition coefficient (Wildman–Crippen LogP) is 6.00. The SMILES string of the molecule is O=C(NCCc1ccccc1CN(c1ccccc1)c1ccccc1)c1ccccc1. The molecule has 154 valence electrons. The highest BCUT2D eigenvalue weighted by Crippen LogP contribution is 2.28. The van der Waals surface area contributed by atoms with Crippen molar-refractivity contribution in [2.24, 2.45) is 0 Å². The van der Waals surface area contributed by atoms with Crippen molar-refractivity contribution in [3.8, 4) is 0 Å². The first-order chi connectivity index (χ1) is 15.3. The van der Waals surface area contributed by atoms with Crippen LogP contribution >= 0.6 is 0 Å². The summed E-state index contributed by atoms with van der Waals surface area (Å²) in [5, 5.41) is 3.04. The van der Waals surface area contributed by atoms with Gasteiger partial charge in [0, 0.05) is 30.0 Å². The van der Waals surface area contributed by atoms with Gasteiger partial charge in [0.15, 0.2) is 0 Å². The highest BCUT2D eigenvalue weighted by atomic mass is 16.1. The number of carbonyl (C=O) groups is 1. The van der Waals surface area contributed by atoms with Crippen molar-refractivity contribution in [1.29, 1.82) is 0 Å². The van der Waals surface area contributed by atoms with Crippen molar-refractivity contribution in [3.63, 3.8) is 0 Å². The quantitative estimate of drug-likeness (QED) is 0.389. The Morgan fingerprint density at radius 2 is 1.10 bits per heavy atom. The van der Waals surface area contributed by atoms with Crippen LogP contribution in [0.15, 0.2) is 115 Å². The van der Waals surface area contributed by atoms with Crippen molar-refractivity contribution in [1.82, 2.24) is 5.32 Å². The Labute approximate surface area is 184 Å². The van der Waals surface area contributed by atoms with Crippen LogP contribution in [0.25, 0.3) is 0 Å². The second kappa shape index (κ2) is 10.3. The maximum absolute atomic E-state index is 12.3. The molecule has 0 radical (unpaired) electrons. The van der Waals surface area contributed by atoms with Gasteiger partial charge in [0.2, 0.25) is 0 Å². The molecule has 3 nitrogen and oxygen atoms in total. The standard InChI is InChI=1S/C28H26N2O/c31-28(24-13-4-1-5-14-24)29-21-20-23-12-10-11-15-25(23)22-30(26-16-6-2-7-17-26)27-18-8-3-9-19-27/h1-19H,20-22H2,(H,29,31). The van der Waals surface area contributed by atoms with Gasteiger partial charge in [0.05, 0.1) is 0 Å². The number of anilines is 2. The van der Waals surface area contributed by atoms with Gasteiger partial charge in [0.25, 0.3) is 5.91 Å². The number of nitrogens with one attached hydrogen (secondary N) is 1. The lowest BCUT2D eigenvalue weighted by atomic mass is 10.0. The number of rotatable bonds is 8. The molecule has 4 rings (SSSR count). The van der Waals surface area contributed by atoms with Crippen molar-refractivity contribution in [2.75, 3.05) is 11.4 Å². The summed E-state index contributed by atoms with van der Waals surface area (Å²) in [6.07, 6.45) is 0.784. The Kier molecular flexibility index (Phi) is 6.76. The van der Waals surface area contributed by atoms with E-state index in [9.17, 15) is 4.79 Å². The molecule has 0 saturated carbocycles. The Hall–Kier alpha value is -3.85. The molecule has 0 saturated heterocycles. The summed E-state index contributed by atoms with van der Waals surface area (Å²) in [6.45, 7) is 1.36. The van der Waals surface area contributed by atoms with E-state index in [0.29, 0.717) is 12.1 Å². The lowest BCUT2D eigenvalue weighted by molar-refractivity contribution is 0.0954. The van der Waals surface area contributed by atoms with Gasteiger partial charge in [-0.1, -0.05) is 78.9 Å². The normalized spacial score (nSPS) is 10.5. The van der Waals surface area contributed by atoms with E-state index < -0.39 is 0 Å². The Balaban J connectivity index is 1.50. The lowest BCUT2D eigenvalue weighted by Gasteiger charge is -2.26. The minimum Gasteiger partial charge on any atom is -0.352 e. The molecule has 0 spiro atoms. The molecule has 0 heterocycles. The largest absolute Gasteiger partial charge is 0.352 e. The van der Waals surface area contributed by atoms with Gasteiger partial charge in [-0.05, 0) is 53.9 Å². The van der Waals surface area contributed by atoms with Gasteiger partial charge in [-0.3, -0.25) is 4.79 Å². The van der Waals surface area contributed by atoms with Crippen LogP contribution in [0, 0.1) is 0 Å². The molecule has 0 fully saturated rings. The molecule has 0 bridgehead atoms. The zero-order valence-electron chi connectivity index (χ0n) is 17.4. The fourth-order valence-corrected chi connectivity index (χ4v) is 3.68. The van der Waals surface area contributed by atoms with Gasteiger partial charge in [0.1, 0.15) is 0 Å². The average molecular weight is 407 g/mol. The van der Waals surface area contributed by atoms with E-state index in [1.807, 2.05) is 42.5 Å². The molecule has 3 heteroatoms. The number of benzene rings is 4. The number of hydrogen-bond donors (Lipinski definition) is 1. The topological polar surface area (TPSA) is 32.3 Å². The summed E-state index contributed by atoms with van der Waals surface area (Å²) in [4.78, 5) is 14.7.